The molecular weight excluding hydrogens is 306 g/mol. The van der Waals surface area contributed by atoms with E-state index in [1.165, 1.54) is 0 Å². The maximum Gasteiger partial charge on any atom is 0.226 e. The number of hydrogen-bond donors (Lipinski definition) is 1. The number of methoxy groups -OCH3 is 1. The number of hydrogen-bond acceptors (Lipinski definition) is 4. The van der Waals surface area contributed by atoms with Crippen molar-refractivity contribution < 1.29 is 14.6 Å². The van der Waals surface area contributed by atoms with Crippen LogP contribution >= 0.6 is 0 Å². The fourth-order valence-corrected chi connectivity index (χ4v) is 3.40. The van der Waals surface area contributed by atoms with Crippen LogP contribution in [-0.4, -0.2) is 51.6 Å². The molecule has 1 saturated carbocycles. The van der Waals surface area contributed by atoms with Crippen molar-refractivity contribution in [1.82, 2.24) is 14.7 Å². The first-order valence-corrected chi connectivity index (χ1v) is 8.95. The molecule has 6 nitrogen and oxygen atoms in total. The van der Waals surface area contributed by atoms with Gasteiger partial charge in [0.1, 0.15) is 0 Å². The van der Waals surface area contributed by atoms with Crippen LogP contribution in [0.5, 0.6) is 0 Å². The van der Waals surface area contributed by atoms with Crippen molar-refractivity contribution in [2.24, 2.45) is 11.8 Å². The van der Waals surface area contributed by atoms with Crippen LogP contribution < -0.4 is 0 Å². The highest BCUT2D eigenvalue weighted by Crippen LogP contribution is 2.28. The molecule has 136 valence electrons. The highest BCUT2D eigenvalue weighted by atomic mass is 16.5. The third-order valence-corrected chi connectivity index (χ3v) is 4.69. The number of aromatic nitrogens is 2. The lowest BCUT2D eigenvalue weighted by atomic mass is 9.84. The SMILES string of the molecule is CCn1cc(CN(CC(C)C)C(=O)[C@@H]2CC[C@H](O)[C@H](OC)C2)cn1. The van der Waals surface area contributed by atoms with Crippen molar-refractivity contribution in [1.29, 1.82) is 0 Å². The number of amides is 1. The van der Waals surface area contributed by atoms with Crippen LogP contribution in [0.1, 0.15) is 45.6 Å². The fraction of sp³-hybridized carbons (Fsp3) is 0.778. The predicted molar refractivity (Wildman–Crippen MR) is 92.3 cm³/mol. The van der Waals surface area contributed by atoms with Gasteiger partial charge in [-0.3, -0.25) is 9.48 Å². The van der Waals surface area contributed by atoms with Gasteiger partial charge in [0.25, 0.3) is 0 Å². The monoisotopic (exact) mass is 337 g/mol. The van der Waals surface area contributed by atoms with Crippen LogP contribution in [0.15, 0.2) is 12.4 Å². The van der Waals surface area contributed by atoms with Gasteiger partial charge in [-0.15, -0.1) is 0 Å². The molecule has 0 aliphatic heterocycles. The molecular formula is C18H31N3O3. The molecule has 1 aliphatic rings. The van der Waals surface area contributed by atoms with Crippen molar-refractivity contribution in [3.8, 4) is 0 Å². The first-order valence-electron chi connectivity index (χ1n) is 8.95. The molecule has 6 heteroatoms. The van der Waals surface area contributed by atoms with E-state index in [0.29, 0.717) is 25.3 Å². The minimum atomic E-state index is -0.458. The molecule has 3 atom stereocenters. The van der Waals surface area contributed by atoms with Gasteiger partial charge in [0.15, 0.2) is 0 Å². The summed E-state index contributed by atoms with van der Waals surface area (Å²) in [5.74, 6) is 0.503. The number of carbonyl (C=O) groups excluding carboxylic acids is 1. The Bertz CT molecular complexity index is 529. The lowest BCUT2D eigenvalue weighted by Gasteiger charge is -2.35. The second-order valence-corrected chi connectivity index (χ2v) is 7.17. The van der Waals surface area contributed by atoms with Crippen LogP contribution in [0.2, 0.25) is 0 Å². The van der Waals surface area contributed by atoms with Gasteiger partial charge < -0.3 is 14.7 Å². The number of nitrogens with zero attached hydrogens (tertiary/aromatic N) is 3. The molecule has 1 N–H and O–H groups in total. The fourth-order valence-electron chi connectivity index (χ4n) is 3.40. The zero-order valence-corrected chi connectivity index (χ0v) is 15.3. The van der Waals surface area contributed by atoms with Gasteiger partial charge in [0.05, 0.1) is 18.4 Å². The molecule has 24 heavy (non-hydrogen) atoms. The average Bonchev–Trinajstić information content (AvgIpc) is 3.01. The summed E-state index contributed by atoms with van der Waals surface area (Å²) < 4.78 is 7.23. The maximum absolute atomic E-state index is 13.0. The second-order valence-electron chi connectivity index (χ2n) is 7.17. The van der Waals surface area contributed by atoms with Crippen LogP contribution in [0, 0.1) is 11.8 Å². The van der Waals surface area contributed by atoms with E-state index in [0.717, 1.165) is 25.1 Å². The number of aliphatic hydroxyl groups is 1. The molecule has 0 saturated heterocycles. The molecule has 1 aliphatic carbocycles. The lowest BCUT2D eigenvalue weighted by Crippen LogP contribution is -2.44. The highest BCUT2D eigenvalue weighted by Gasteiger charge is 2.35. The number of rotatable bonds is 7. The summed E-state index contributed by atoms with van der Waals surface area (Å²) in [5.41, 5.74) is 1.06. The summed E-state index contributed by atoms with van der Waals surface area (Å²) in [4.78, 5) is 15.0. The smallest absolute Gasteiger partial charge is 0.226 e. The summed E-state index contributed by atoms with van der Waals surface area (Å²) in [6.07, 6.45) is 5.09. The summed E-state index contributed by atoms with van der Waals surface area (Å²) in [7, 11) is 1.60. The molecule has 2 rings (SSSR count). The third kappa shape index (κ3) is 4.80. The van der Waals surface area contributed by atoms with E-state index in [9.17, 15) is 9.90 Å². The molecule has 0 radical (unpaired) electrons. The predicted octanol–water partition coefficient (Wildman–Crippen LogP) is 2.06. The first kappa shape index (κ1) is 18.9. The number of ether oxygens (including phenoxy) is 1. The van der Waals surface area contributed by atoms with Gasteiger partial charge in [-0.05, 0) is 32.1 Å². The van der Waals surface area contributed by atoms with E-state index < -0.39 is 6.10 Å². The Morgan fingerprint density at radius 1 is 1.50 bits per heavy atom. The van der Waals surface area contributed by atoms with E-state index >= 15 is 0 Å². The van der Waals surface area contributed by atoms with Gasteiger partial charge in [0, 0.05) is 44.4 Å². The molecule has 1 heterocycles. The third-order valence-electron chi connectivity index (χ3n) is 4.69. The molecule has 1 amide bonds. The maximum atomic E-state index is 13.0. The highest BCUT2D eigenvalue weighted by molar-refractivity contribution is 5.79. The zero-order chi connectivity index (χ0) is 17.7. The standard InChI is InChI=1S/C18H31N3O3/c1-5-21-12-14(9-19-21)11-20(10-13(2)3)18(23)15-6-7-16(22)17(8-15)24-4/h9,12-13,15-17,22H,5-8,10-11H2,1-4H3/t15-,16+,17-/m1/s1. The summed E-state index contributed by atoms with van der Waals surface area (Å²) in [6, 6.07) is 0. The second kappa shape index (κ2) is 8.62. The summed E-state index contributed by atoms with van der Waals surface area (Å²) in [5, 5.41) is 14.3. The van der Waals surface area contributed by atoms with E-state index in [1.807, 2.05) is 28.9 Å². The Balaban J connectivity index is 2.07. The average molecular weight is 337 g/mol. The van der Waals surface area contributed by atoms with Crippen molar-refractivity contribution >= 4 is 5.91 Å². The Morgan fingerprint density at radius 2 is 2.25 bits per heavy atom. The lowest BCUT2D eigenvalue weighted by molar-refractivity contribution is -0.142. The number of aliphatic hydroxyl groups excluding tert-OH is 1. The van der Waals surface area contributed by atoms with E-state index in [4.69, 9.17) is 4.74 Å². The topological polar surface area (TPSA) is 67.6 Å². The zero-order valence-electron chi connectivity index (χ0n) is 15.3. The van der Waals surface area contributed by atoms with Crippen LogP contribution in [0.25, 0.3) is 0 Å². The van der Waals surface area contributed by atoms with Gasteiger partial charge in [-0.1, -0.05) is 13.8 Å². The van der Waals surface area contributed by atoms with E-state index in [-0.39, 0.29) is 17.9 Å². The van der Waals surface area contributed by atoms with Crippen molar-refractivity contribution in [2.45, 2.75) is 65.3 Å². The minimum Gasteiger partial charge on any atom is -0.390 e. The van der Waals surface area contributed by atoms with Crippen LogP contribution in [0.4, 0.5) is 0 Å². The van der Waals surface area contributed by atoms with Gasteiger partial charge in [0.2, 0.25) is 5.91 Å². The van der Waals surface area contributed by atoms with Crippen molar-refractivity contribution in [3.05, 3.63) is 18.0 Å². The quantitative estimate of drug-likeness (QED) is 0.827. The molecule has 0 bridgehead atoms. The molecule has 1 fully saturated rings. The minimum absolute atomic E-state index is 0.0710. The van der Waals surface area contributed by atoms with Crippen molar-refractivity contribution in [2.75, 3.05) is 13.7 Å². The Kier molecular flexibility index (Phi) is 6.80. The van der Waals surface area contributed by atoms with Crippen LogP contribution in [-0.2, 0) is 22.6 Å². The van der Waals surface area contributed by atoms with Gasteiger partial charge in [-0.2, -0.15) is 5.10 Å². The Labute approximate surface area is 144 Å². The summed E-state index contributed by atoms with van der Waals surface area (Å²) in [6.45, 7) is 8.44. The molecule has 0 aromatic carbocycles. The Hall–Kier alpha value is -1.40. The van der Waals surface area contributed by atoms with Gasteiger partial charge >= 0.3 is 0 Å². The first-order chi connectivity index (χ1) is 11.4. The molecule has 1 aromatic heterocycles. The Morgan fingerprint density at radius 3 is 2.83 bits per heavy atom. The molecule has 1 aromatic rings. The normalized spacial score (nSPS) is 24.3. The van der Waals surface area contributed by atoms with Crippen molar-refractivity contribution in [3.63, 3.8) is 0 Å². The molecule has 0 unspecified atom stereocenters. The number of carbonyl (C=O) groups is 1. The van der Waals surface area contributed by atoms with Crippen LogP contribution in [0.3, 0.4) is 0 Å². The number of aryl methyl sites for hydroxylation is 1. The summed E-state index contributed by atoms with van der Waals surface area (Å²) >= 11 is 0. The van der Waals surface area contributed by atoms with E-state index in [1.54, 1.807) is 7.11 Å². The van der Waals surface area contributed by atoms with Gasteiger partial charge in [-0.25, -0.2) is 0 Å². The van der Waals surface area contributed by atoms with E-state index in [2.05, 4.69) is 18.9 Å². The molecule has 0 spiro atoms. The largest absolute Gasteiger partial charge is 0.390 e.